The molecular weight excluding hydrogens is 392 g/mol. The fourth-order valence-electron chi connectivity index (χ4n) is 5.06. The van der Waals surface area contributed by atoms with E-state index in [4.69, 9.17) is 14.2 Å². The van der Waals surface area contributed by atoms with E-state index in [0.29, 0.717) is 32.4 Å². The third-order valence-corrected chi connectivity index (χ3v) is 6.73. The maximum atomic E-state index is 13.6. The van der Waals surface area contributed by atoms with Crippen LogP contribution in [-0.2, 0) is 13.0 Å². The number of carbonyl (C=O) groups excluding carboxylic acids is 1. The summed E-state index contributed by atoms with van der Waals surface area (Å²) in [5.74, 6) is 2.55. The van der Waals surface area contributed by atoms with Crippen molar-refractivity contribution in [2.45, 2.75) is 38.8 Å². The van der Waals surface area contributed by atoms with E-state index in [1.165, 1.54) is 19.4 Å². The Labute approximate surface area is 183 Å². The van der Waals surface area contributed by atoms with Gasteiger partial charge in [-0.3, -0.25) is 4.79 Å². The molecule has 31 heavy (non-hydrogen) atoms. The smallest absolute Gasteiger partial charge is 0.254 e. The molecule has 1 amide bonds. The van der Waals surface area contributed by atoms with E-state index in [1.54, 1.807) is 4.90 Å². The van der Waals surface area contributed by atoms with E-state index >= 15 is 0 Å². The summed E-state index contributed by atoms with van der Waals surface area (Å²) in [7, 11) is 0. The molecule has 0 radical (unpaired) electrons. The summed E-state index contributed by atoms with van der Waals surface area (Å²) in [5.41, 5.74) is 2.95. The van der Waals surface area contributed by atoms with Gasteiger partial charge in [0.25, 0.3) is 5.91 Å². The van der Waals surface area contributed by atoms with Crippen molar-refractivity contribution in [2.24, 2.45) is 0 Å². The van der Waals surface area contributed by atoms with Crippen LogP contribution in [0.25, 0.3) is 0 Å². The van der Waals surface area contributed by atoms with Crippen molar-refractivity contribution in [3.05, 3.63) is 53.1 Å². The second kappa shape index (κ2) is 8.79. The van der Waals surface area contributed by atoms with Gasteiger partial charge in [0.1, 0.15) is 25.0 Å². The van der Waals surface area contributed by atoms with Crippen LogP contribution < -0.4 is 19.1 Å². The molecule has 1 fully saturated rings. The number of quaternary nitrogens is 1. The highest BCUT2D eigenvalue weighted by molar-refractivity contribution is 5.94. The minimum absolute atomic E-state index is 0.0898. The molecule has 3 aliphatic rings. The van der Waals surface area contributed by atoms with E-state index in [1.807, 2.05) is 41.3 Å². The van der Waals surface area contributed by atoms with Crippen LogP contribution in [0.5, 0.6) is 17.2 Å². The zero-order chi connectivity index (χ0) is 21.2. The van der Waals surface area contributed by atoms with Crippen LogP contribution in [-0.4, -0.2) is 56.3 Å². The topological polar surface area (TPSA) is 52.4 Å². The minimum Gasteiger partial charge on any atom is -0.493 e. The molecule has 164 valence electrons. The van der Waals surface area contributed by atoms with Gasteiger partial charge in [-0.2, -0.15) is 0 Å². The lowest BCUT2D eigenvalue weighted by molar-refractivity contribution is -0.909. The third-order valence-electron chi connectivity index (χ3n) is 6.73. The monoisotopic (exact) mass is 423 g/mol. The lowest BCUT2D eigenvalue weighted by Gasteiger charge is -2.29. The molecule has 0 bridgehead atoms. The Hall–Kier alpha value is -2.73. The van der Waals surface area contributed by atoms with Gasteiger partial charge >= 0.3 is 0 Å². The van der Waals surface area contributed by atoms with Gasteiger partial charge in [-0.1, -0.05) is 6.07 Å². The molecule has 0 aromatic heterocycles. The van der Waals surface area contributed by atoms with Crippen molar-refractivity contribution < 1.29 is 23.9 Å². The van der Waals surface area contributed by atoms with Crippen LogP contribution in [0.4, 0.5) is 0 Å². The van der Waals surface area contributed by atoms with E-state index in [2.05, 4.69) is 6.92 Å². The molecule has 6 nitrogen and oxygen atoms in total. The van der Waals surface area contributed by atoms with Crippen LogP contribution in [0, 0.1) is 0 Å². The average Bonchev–Trinajstić information content (AvgIpc) is 3.46. The molecule has 2 aromatic carbocycles. The predicted octanol–water partition coefficient (Wildman–Crippen LogP) is 2.10. The van der Waals surface area contributed by atoms with Gasteiger partial charge in [0.15, 0.2) is 11.5 Å². The van der Waals surface area contributed by atoms with Gasteiger partial charge in [-0.15, -0.1) is 0 Å². The van der Waals surface area contributed by atoms with Gasteiger partial charge in [0, 0.05) is 31.4 Å². The first-order valence-electron chi connectivity index (χ1n) is 11.5. The molecule has 3 heterocycles. The third kappa shape index (κ3) is 4.22. The first-order chi connectivity index (χ1) is 15.2. The molecule has 5 rings (SSSR count). The summed E-state index contributed by atoms with van der Waals surface area (Å²) in [6.45, 7) is 7.71. The van der Waals surface area contributed by atoms with Gasteiger partial charge < -0.3 is 24.0 Å². The Morgan fingerprint density at radius 3 is 2.71 bits per heavy atom. The Balaban J connectivity index is 1.40. The summed E-state index contributed by atoms with van der Waals surface area (Å²) >= 11 is 0. The second-order valence-corrected chi connectivity index (χ2v) is 8.69. The van der Waals surface area contributed by atoms with E-state index < -0.39 is 0 Å². The summed E-state index contributed by atoms with van der Waals surface area (Å²) in [5, 5.41) is 0. The van der Waals surface area contributed by atoms with Gasteiger partial charge in [0.2, 0.25) is 0 Å². The molecule has 0 saturated carbocycles. The number of hydrogen-bond acceptors (Lipinski definition) is 4. The van der Waals surface area contributed by atoms with Crippen molar-refractivity contribution in [1.29, 1.82) is 0 Å². The Kier molecular flexibility index (Phi) is 5.72. The van der Waals surface area contributed by atoms with E-state index in [-0.39, 0.29) is 5.91 Å². The molecule has 0 aliphatic carbocycles. The highest BCUT2D eigenvalue weighted by atomic mass is 16.6. The molecular formula is C25H31N2O4+. The highest BCUT2D eigenvalue weighted by Gasteiger charge is 2.31. The fourth-order valence-corrected chi connectivity index (χ4v) is 5.06. The number of rotatable bonds is 6. The van der Waals surface area contributed by atoms with E-state index in [9.17, 15) is 4.79 Å². The Morgan fingerprint density at radius 2 is 1.84 bits per heavy atom. The molecule has 1 unspecified atom stereocenters. The molecule has 1 N–H and O–H groups in total. The molecule has 1 saturated heterocycles. The van der Waals surface area contributed by atoms with Crippen LogP contribution in [0.1, 0.15) is 41.3 Å². The number of amides is 1. The number of ether oxygens (including phenoxy) is 3. The first kappa shape index (κ1) is 20.2. The van der Waals surface area contributed by atoms with Crippen molar-refractivity contribution in [3.8, 4) is 17.2 Å². The fraction of sp³-hybridized carbons (Fsp3) is 0.480. The maximum Gasteiger partial charge on any atom is 0.254 e. The number of benzene rings is 2. The summed E-state index contributed by atoms with van der Waals surface area (Å²) < 4.78 is 17.0. The predicted molar refractivity (Wildman–Crippen MR) is 117 cm³/mol. The van der Waals surface area contributed by atoms with Gasteiger partial charge in [-0.05, 0) is 48.4 Å². The first-order valence-corrected chi connectivity index (χ1v) is 11.5. The maximum absolute atomic E-state index is 13.6. The SMILES string of the molecule is CC[NH+]1CCC[C@@H]1CN(Cc1ccc2c(c1)OCCO2)C(=O)c1ccc2c(c1)CCO2. The molecule has 2 atom stereocenters. The standard InChI is InChI=1S/C25H30N2O4/c1-2-26-10-3-4-21(26)17-27(16-18-5-7-23-24(14-18)31-13-12-30-23)25(28)20-6-8-22-19(15-20)9-11-29-22/h5-8,14-15,21H,2-4,9-13,16-17H2,1H3/p+1/t21-/m1/s1. The van der Waals surface area contributed by atoms with Crippen molar-refractivity contribution >= 4 is 5.91 Å². The van der Waals surface area contributed by atoms with Crippen molar-refractivity contribution in [1.82, 2.24) is 4.90 Å². The normalized spacial score (nSPS) is 21.5. The van der Waals surface area contributed by atoms with Crippen molar-refractivity contribution in [2.75, 3.05) is 39.5 Å². The lowest BCUT2D eigenvalue weighted by atomic mass is 10.1. The number of likely N-dealkylation sites (tertiary alicyclic amines) is 1. The Bertz CT molecular complexity index is 961. The Morgan fingerprint density at radius 1 is 1.03 bits per heavy atom. The molecule has 0 spiro atoms. The van der Waals surface area contributed by atoms with Crippen LogP contribution >= 0.6 is 0 Å². The largest absolute Gasteiger partial charge is 0.493 e. The quantitative estimate of drug-likeness (QED) is 0.773. The molecule has 3 aliphatic heterocycles. The zero-order valence-corrected chi connectivity index (χ0v) is 18.2. The number of nitrogens with zero attached hydrogens (tertiary/aromatic N) is 1. The van der Waals surface area contributed by atoms with Crippen LogP contribution in [0.3, 0.4) is 0 Å². The van der Waals surface area contributed by atoms with Gasteiger partial charge in [-0.25, -0.2) is 0 Å². The van der Waals surface area contributed by atoms with Crippen molar-refractivity contribution in [3.63, 3.8) is 0 Å². The summed E-state index contributed by atoms with van der Waals surface area (Å²) in [6, 6.07) is 12.4. The number of nitrogens with one attached hydrogen (secondary N) is 1. The average molecular weight is 424 g/mol. The number of carbonyl (C=O) groups is 1. The minimum atomic E-state index is 0.0898. The van der Waals surface area contributed by atoms with Crippen LogP contribution in [0.15, 0.2) is 36.4 Å². The number of hydrogen-bond donors (Lipinski definition) is 1. The van der Waals surface area contributed by atoms with E-state index in [0.717, 1.165) is 53.4 Å². The number of fused-ring (bicyclic) bond motifs is 2. The van der Waals surface area contributed by atoms with Gasteiger partial charge in [0.05, 0.1) is 26.2 Å². The van der Waals surface area contributed by atoms with Crippen LogP contribution in [0.2, 0.25) is 0 Å². The highest BCUT2D eigenvalue weighted by Crippen LogP contribution is 2.32. The number of likely N-dealkylation sites (N-methyl/N-ethyl adjacent to an activating group) is 1. The second-order valence-electron chi connectivity index (χ2n) is 8.69. The zero-order valence-electron chi connectivity index (χ0n) is 18.2. The molecule has 6 heteroatoms. The molecule has 2 aromatic rings. The summed E-state index contributed by atoms with van der Waals surface area (Å²) in [4.78, 5) is 17.3. The summed E-state index contributed by atoms with van der Waals surface area (Å²) in [6.07, 6.45) is 3.27. The lowest BCUT2D eigenvalue weighted by Crippen LogP contribution is -3.14.